The second-order valence-electron chi connectivity index (χ2n) is 6.24. The van der Waals surface area contributed by atoms with Crippen molar-refractivity contribution in [1.29, 1.82) is 0 Å². The number of hydrogen-bond donors (Lipinski definition) is 2. The van der Waals surface area contributed by atoms with E-state index in [1.807, 2.05) is 48.2 Å². The topological polar surface area (TPSA) is 48.9 Å². The second-order valence-corrected chi connectivity index (χ2v) is 6.65. The predicted octanol–water partition coefficient (Wildman–Crippen LogP) is 3.05. The molecule has 0 aliphatic carbocycles. The fourth-order valence-electron chi connectivity index (χ4n) is 2.81. The van der Waals surface area contributed by atoms with Gasteiger partial charge in [-0.15, -0.1) is 0 Å². The number of anilines is 1. The van der Waals surface area contributed by atoms with Crippen LogP contribution in [0.4, 0.5) is 10.1 Å². The Labute approximate surface area is 164 Å². The molecule has 0 spiro atoms. The summed E-state index contributed by atoms with van der Waals surface area (Å²) in [5.41, 5.74) is 5.90. The van der Waals surface area contributed by atoms with Crippen LogP contribution < -0.4 is 15.6 Å². The molecule has 0 aromatic heterocycles. The quantitative estimate of drug-likeness (QED) is 0.470. The van der Waals surface area contributed by atoms with Crippen molar-refractivity contribution >= 4 is 28.7 Å². The molecule has 1 fully saturated rings. The minimum Gasteiger partial charge on any atom is -0.378 e. The van der Waals surface area contributed by atoms with Gasteiger partial charge in [-0.25, -0.2) is 4.39 Å². The SMILES string of the molecule is C/C(=N/NC(=S)NCc1ccccc1)c1ccc(N2CCOCC2)c(F)c1. The van der Waals surface area contributed by atoms with E-state index < -0.39 is 0 Å². The molecule has 142 valence electrons. The van der Waals surface area contributed by atoms with Crippen molar-refractivity contribution in [1.82, 2.24) is 10.7 Å². The number of thiocarbonyl (C=S) groups is 1. The summed E-state index contributed by atoms with van der Waals surface area (Å²) in [5, 5.41) is 7.76. The number of hydrazone groups is 1. The van der Waals surface area contributed by atoms with E-state index in [2.05, 4.69) is 15.8 Å². The molecule has 7 heteroatoms. The highest BCUT2D eigenvalue weighted by Crippen LogP contribution is 2.21. The molecule has 3 rings (SSSR count). The first-order valence-corrected chi connectivity index (χ1v) is 9.29. The number of morpholine rings is 1. The number of nitrogens with one attached hydrogen (secondary N) is 2. The van der Waals surface area contributed by atoms with Crippen LogP contribution in [-0.2, 0) is 11.3 Å². The third-order valence-electron chi connectivity index (χ3n) is 4.34. The van der Waals surface area contributed by atoms with Crippen molar-refractivity contribution < 1.29 is 9.13 Å². The summed E-state index contributed by atoms with van der Waals surface area (Å²) in [6.07, 6.45) is 0. The molecule has 0 atom stereocenters. The van der Waals surface area contributed by atoms with E-state index in [9.17, 15) is 4.39 Å². The minimum absolute atomic E-state index is 0.256. The fourth-order valence-corrected chi connectivity index (χ4v) is 2.93. The first-order valence-electron chi connectivity index (χ1n) is 8.88. The monoisotopic (exact) mass is 386 g/mol. The van der Waals surface area contributed by atoms with Gasteiger partial charge in [0, 0.05) is 25.2 Å². The average molecular weight is 386 g/mol. The number of nitrogens with zero attached hydrogens (tertiary/aromatic N) is 2. The van der Waals surface area contributed by atoms with Crippen molar-refractivity contribution in [2.75, 3.05) is 31.2 Å². The molecular weight excluding hydrogens is 363 g/mol. The Hall–Kier alpha value is -2.51. The van der Waals surface area contributed by atoms with Gasteiger partial charge in [0.05, 0.1) is 24.6 Å². The van der Waals surface area contributed by atoms with Gasteiger partial charge in [-0.05, 0) is 36.8 Å². The molecule has 0 unspecified atom stereocenters. The molecule has 0 saturated carbocycles. The Balaban J connectivity index is 1.57. The van der Waals surface area contributed by atoms with Crippen molar-refractivity contribution in [2.24, 2.45) is 5.10 Å². The molecule has 0 bridgehead atoms. The highest BCUT2D eigenvalue weighted by Gasteiger charge is 2.15. The molecule has 27 heavy (non-hydrogen) atoms. The molecule has 1 aliphatic heterocycles. The Morgan fingerprint density at radius 3 is 2.63 bits per heavy atom. The number of benzene rings is 2. The number of hydrogen-bond acceptors (Lipinski definition) is 4. The van der Waals surface area contributed by atoms with E-state index in [1.54, 1.807) is 6.07 Å². The molecule has 2 N–H and O–H groups in total. The Bertz CT molecular complexity index is 807. The lowest BCUT2D eigenvalue weighted by Crippen LogP contribution is -2.36. The molecule has 1 aliphatic rings. The molecule has 5 nitrogen and oxygen atoms in total. The minimum atomic E-state index is -0.256. The Morgan fingerprint density at radius 1 is 1.19 bits per heavy atom. The zero-order valence-corrected chi connectivity index (χ0v) is 16.1. The first-order chi connectivity index (χ1) is 13.1. The van der Waals surface area contributed by atoms with Crippen LogP contribution >= 0.6 is 12.2 Å². The number of halogens is 1. The highest BCUT2D eigenvalue weighted by atomic mass is 32.1. The third-order valence-corrected chi connectivity index (χ3v) is 4.57. The zero-order valence-electron chi connectivity index (χ0n) is 15.2. The summed E-state index contributed by atoms with van der Waals surface area (Å²) in [7, 11) is 0. The zero-order chi connectivity index (χ0) is 19.1. The van der Waals surface area contributed by atoms with Gasteiger partial charge in [-0.3, -0.25) is 5.43 Å². The maximum Gasteiger partial charge on any atom is 0.187 e. The summed E-state index contributed by atoms with van der Waals surface area (Å²) in [6, 6.07) is 15.1. The van der Waals surface area contributed by atoms with Crippen molar-refractivity contribution in [3.63, 3.8) is 0 Å². The van der Waals surface area contributed by atoms with Crippen LogP contribution in [0.15, 0.2) is 53.6 Å². The Kier molecular flexibility index (Phi) is 6.73. The summed E-state index contributed by atoms with van der Waals surface area (Å²) in [4.78, 5) is 2.00. The second kappa shape index (κ2) is 9.43. The van der Waals surface area contributed by atoms with E-state index >= 15 is 0 Å². The van der Waals surface area contributed by atoms with Crippen molar-refractivity contribution in [3.05, 3.63) is 65.5 Å². The van der Waals surface area contributed by atoms with Crippen LogP contribution in [0.1, 0.15) is 18.1 Å². The van der Waals surface area contributed by atoms with Crippen LogP contribution in [0, 0.1) is 5.82 Å². The van der Waals surface area contributed by atoms with E-state index in [4.69, 9.17) is 17.0 Å². The van der Waals surface area contributed by atoms with Gasteiger partial charge in [0.25, 0.3) is 0 Å². The van der Waals surface area contributed by atoms with Gasteiger partial charge in [0.2, 0.25) is 0 Å². The van der Waals surface area contributed by atoms with Gasteiger partial charge >= 0.3 is 0 Å². The van der Waals surface area contributed by atoms with Gasteiger partial charge in [-0.2, -0.15) is 5.10 Å². The molecule has 0 radical (unpaired) electrons. The van der Waals surface area contributed by atoms with Crippen molar-refractivity contribution in [3.8, 4) is 0 Å². The van der Waals surface area contributed by atoms with Gasteiger partial charge in [0.1, 0.15) is 5.82 Å². The standard InChI is InChI=1S/C20H23FN4OS/c1-15(23-24-20(27)22-14-16-5-3-2-4-6-16)17-7-8-19(18(21)13-17)25-9-11-26-12-10-25/h2-8,13H,9-12,14H2,1H3,(H2,22,24,27)/b23-15-. The van der Waals surface area contributed by atoms with Crippen molar-refractivity contribution in [2.45, 2.75) is 13.5 Å². The number of rotatable bonds is 5. The summed E-state index contributed by atoms with van der Waals surface area (Å²) in [6.45, 7) is 5.08. The van der Waals surface area contributed by atoms with Crippen LogP contribution in [0.25, 0.3) is 0 Å². The molecule has 1 saturated heterocycles. The Morgan fingerprint density at radius 2 is 1.93 bits per heavy atom. The third kappa shape index (κ3) is 5.48. The maximum atomic E-state index is 14.5. The maximum absolute atomic E-state index is 14.5. The van der Waals surface area contributed by atoms with Crippen LogP contribution in [-0.4, -0.2) is 37.1 Å². The highest BCUT2D eigenvalue weighted by molar-refractivity contribution is 7.80. The lowest BCUT2D eigenvalue weighted by Gasteiger charge is -2.29. The normalized spacial score (nSPS) is 14.7. The average Bonchev–Trinajstić information content (AvgIpc) is 2.71. The van der Waals surface area contributed by atoms with Crippen LogP contribution in [0.3, 0.4) is 0 Å². The molecule has 1 heterocycles. The summed E-state index contributed by atoms with van der Waals surface area (Å²) in [5.74, 6) is -0.256. The molecule has 0 amide bonds. The summed E-state index contributed by atoms with van der Waals surface area (Å²) < 4.78 is 19.8. The first kappa shape index (κ1) is 19.3. The fraction of sp³-hybridized carbons (Fsp3) is 0.300. The molecule has 2 aromatic carbocycles. The van der Waals surface area contributed by atoms with Crippen LogP contribution in [0.2, 0.25) is 0 Å². The number of ether oxygens (including phenoxy) is 1. The van der Waals surface area contributed by atoms with E-state index in [-0.39, 0.29) is 5.82 Å². The van der Waals surface area contributed by atoms with E-state index in [1.165, 1.54) is 6.07 Å². The predicted molar refractivity (Wildman–Crippen MR) is 111 cm³/mol. The lowest BCUT2D eigenvalue weighted by molar-refractivity contribution is 0.122. The van der Waals surface area contributed by atoms with E-state index in [0.717, 1.165) is 5.56 Å². The summed E-state index contributed by atoms with van der Waals surface area (Å²) >= 11 is 5.23. The van der Waals surface area contributed by atoms with Gasteiger partial charge < -0.3 is 15.0 Å². The smallest absolute Gasteiger partial charge is 0.187 e. The van der Waals surface area contributed by atoms with Crippen LogP contribution in [0.5, 0.6) is 0 Å². The largest absolute Gasteiger partial charge is 0.378 e. The lowest BCUT2D eigenvalue weighted by atomic mass is 10.1. The van der Waals surface area contributed by atoms with E-state index in [0.29, 0.717) is 54.9 Å². The molecule has 2 aromatic rings. The molecular formula is C20H23FN4OS. The van der Waals surface area contributed by atoms with Gasteiger partial charge in [0.15, 0.2) is 5.11 Å². The van der Waals surface area contributed by atoms with Gasteiger partial charge in [-0.1, -0.05) is 36.4 Å².